The molecule has 29 heavy (non-hydrogen) atoms. The number of esters is 1. The minimum atomic E-state index is -0.522. The molecule has 2 aromatic carbocycles. The average molecular weight is 390 g/mol. The van der Waals surface area contributed by atoms with Crippen molar-refractivity contribution in [1.29, 1.82) is 0 Å². The molecule has 2 heterocycles. The second-order valence-electron chi connectivity index (χ2n) is 6.95. The van der Waals surface area contributed by atoms with Gasteiger partial charge in [0, 0.05) is 18.5 Å². The molecule has 0 radical (unpaired) electrons. The fraction of sp³-hybridized carbons (Fsp3) is 0.261. The number of benzene rings is 2. The van der Waals surface area contributed by atoms with Gasteiger partial charge in [0.1, 0.15) is 28.6 Å². The summed E-state index contributed by atoms with van der Waals surface area (Å²) in [4.78, 5) is 31.7. The lowest BCUT2D eigenvalue weighted by molar-refractivity contribution is -0.122. The number of amidine groups is 1. The summed E-state index contributed by atoms with van der Waals surface area (Å²) in [5.41, 5.74) is 1.34. The second-order valence-corrected chi connectivity index (χ2v) is 6.95. The SMILES string of the molecule is COc1ccccc1C(=O)Oc1ccccc1/C=C1/N=C2CCCCCN2C1=O. The van der Waals surface area contributed by atoms with E-state index in [1.807, 2.05) is 6.07 Å². The van der Waals surface area contributed by atoms with Gasteiger partial charge in [-0.15, -0.1) is 0 Å². The van der Waals surface area contributed by atoms with Crippen LogP contribution in [0.5, 0.6) is 11.5 Å². The maximum absolute atomic E-state index is 12.8. The molecule has 0 N–H and O–H groups in total. The molecule has 0 bridgehead atoms. The lowest BCUT2D eigenvalue weighted by atomic mass is 10.1. The van der Waals surface area contributed by atoms with Crippen LogP contribution >= 0.6 is 0 Å². The summed E-state index contributed by atoms with van der Waals surface area (Å²) in [6.45, 7) is 0.708. The first kappa shape index (κ1) is 18.9. The van der Waals surface area contributed by atoms with E-state index in [9.17, 15) is 9.59 Å². The molecule has 6 nitrogen and oxygen atoms in total. The fourth-order valence-corrected chi connectivity index (χ4v) is 3.56. The number of ether oxygens (including phenoxy) is 2. The van der Waals surface area contributed by atoms with Crippen molar-refractivity contribution in [2.24, 2.45) is 4.99 Å². The molecule has 0 unspecified atom stereocenters. The molecule has 6 heteroatoms. The summed E-state index contributed by atoms with van der Waals surface area (Å²) in [5, 5.41) is 0. The second kappa shape index (κ2) is 8.31. The molecular formula is C23H22N2O4. The molecule has 148 valence electrons. The van der Waals surface area contributed by atoms with Gasteiger partial charge in [0.15, 0.2) is 0 Å². The van der Waals surface area contributed by atoms with Crippen LogP contribution < -0.4 is 9.47 Å². The third kappa shape index (κ3) is 3.92. The number of amides is 1. The molecule has 2 aliphatic rings. The van der Waals surface area contributed by atoms with Crippen molar-refractivity contribution in [2.75, 3.05) is 13.7 Å². The standard InChI is InChI=1S/C23H22N2O4/c1-28-20-12-7-5-10-17(20)23(27)29-19-11-6-4-9-16(19)15-18-22(26)25-14-8-2-3-13-21(25)24-18/h4-7,9-12,15H,2-3,8,13-14H2,1H3/b18-15+. The summed E-state index contributed by atoms with van der Waals surface area (Å²) < 4.78 is 10.9. The minimum absolute atomic E-state index is 0.0900. The van der Waals surface area contributed by atoms with Crippen LogP contribution in [0.1, 0.15) is 41.6 Å². The van der Waals surface area contributed by atoms with Crippen molar-refractivity contribution in [3.05, 3.63) is 65.4 Å². The van der Waals surface area contributed by atoms with Crippen LogP contribution in [0.15, 0.2) is 59.2 Å². The fourth-order valence-electron chi connectivity index (χ4n) is 3.56. The van der Waals surface area contributed by atoms with Gasteiger partial charge in [-0.1, -0.05) is 36.8 Å². The number of para-hydroxylation sites is 2. The molecule has 0 saturated carbocycles. The molecule has 2 aromatic rings. The Labute approximate surface area is 169 Å². The van der Waals surface area contributed by atoms with Crippen molar-refractivity contribution in [2.45, 2.75) is 25.7 Å². The number of carbonyl (C=O) groups excluding carboxylic acids is 2. The zero-order valence-electron chi connectivity index (χ0n) is 16.3. The first-order chi connectivity index (χ1) is 14.2. The molecule has 4 rings (SSSR count). The van der Waals surface area contributed by atoms with Gasteiger partial charge in [0.25, 0.3) is 5.91 Å². The van der Waals surface area contributed by atoms with E-state index in [1.165, 1.54) is 7.11 Å². The van der Waals surface area contributed by atoms with Gasteiger partial charge >= 0.3 is 5.97 Å². The highest BCUT2D eigenvalue weighted by atomic mass is 16.5. The minimum Gasteiger partial charge on any atom is -0.496 e. The number of carbonyl (C=O) groups is 2. The molecule has 1 amide bonds. The monoisotopic (exact) mass is 390 g/mol. The molecular weight excluding hydrogens is 368 g/mol. The van der Waals surface area contributed by atoms with Crippen molar-refractivity contribution in [1.82, 2.24) is 4.90 Å². The van der Waals surface area contributed by atoms with Crippen LogP contribution in [0.25, 0.3) is 6.08 Å². The maximum atomic E-state index is 12.8. The zero-order valence-corrected chi connectivity index (χ0v) is 16.3. The highest BCUT2D eigenvalue weighted by Crippen LogP contribution is 2.28. The number of aliphatic imine (C=N–C) groups is 1. The summed E-state index contributed by atoms with van der Waals surface area (Å²) in [5.74, 6) is 1.03. The number of rotatable bonds is 4. The Hall–Kier alpha value is -3.41. The van der Waals surface area contributed by atoms with Gasteiger partial charge < -0.3 is 9.47 Å². The topological polar surface area (TPSA) is 68.2 Å². The lowest BCUT2D eigenvalue weighted by Gasteiger charge is -2.14. The smallest absolute Gasteiger partial charge is 0.347 e. The number of methoxy groups -OCH3 is 1. The average Bonchev–Trinajstić information content (AvgIpc) is 2.91. The largest absolute Gasteiger partial charge is 0.496 e. The van der Waals surface area contributed by atoms with E-state index < -0.39 is 5.97 Å². The predicted molar refractivity (Wildman–Crippen MR) is 110 cm³/mol. The van der Waals surface area contributed by atoms with E-state index >= 15 is 0 Å². The van der Waals surface area contributed by atoms with Crippen LogP contribution in [0, 0.1) is 0 Å². The Bertz CT molecular complexity index is 1010. The predicted octanol–water partition coefficient (Wildman–Crippen LogP) is 4.07. The van der Waals surface area contributed by atoms with E-state index in [0.29, 0.717) is 34.9 Å². The lowest BCUT2D eigenvalue weighted by Crippen LogP contribution is -2.31. The van der Waals surface area contributed by atoms with E-state index in [1.54, 1.807) is 53.4 Å². The van der Waals surface area contributed by atoms with Gasteiger partial charge in [-0.25, -0.2) is 9.79 Å². The molecule has 2 aliphatic heterocycles. The maximum Gasteiger partial charge on any atom is 0.347 e. The van der Waals surface area contributed by atoms with E-state index in [4.69, 9.17) is 9.47 Å². The van der Waals surface area contributed by atoms with Crippen molar-refractivity contribution in [3.8, 4) is 11.5 Å². The van der Waals surface area contributed by atoms with Crippen LogP contribution in [-0.4, -0.2) is 36.3 Å². The van der Waals surface area contributed by atoms with Gasteiger partial charge in [0.05, 0.1) is 7.11 Å². The highest BCUT2D eigenvalue weighted by Gasteiger charge is 2.30. The normalized spacial score (nSPS) is 17.6. The van der Waals surface area contributed by atoms with E-state index in [2.05, 4.69) is 4.99 Å². The Morgan fingerprint density at radius 1 is 1.03 bits per heavy atom. The Kier molecular flexibility index (Phi) is 5.42. The van der Waals surface area contributed by atoms with E-state index in [-0.39, 0.29) is 5.91 Å². The third-order valence-corrected chi connectivity index (χ3v) is 5.05. The van der Waals surface area contributed by atoms with Crippen molar-refractivity contribution in [3.63, 3.8) is 0 Å². The van der Waals surface area contributed by atoms with Crippen LogP contribution in [0.4, 0.5) is 0 Å². The van der Waals surface area contributed by atoms with Gasteiger partial charge in [-0.2, -0.15) is 0 Å². The third-order valence-electron chi connectivity index (χ3n) is 5.05. The Morgan fingerprint density at radius 2 is 1.79 bits per heavy atom. The zero-order chi connectivity index (χ0) is 20.2. The molecule has 0 atom stereocenters. The molecule has 0 aromatic heterocycles. The van der Waals surface area contributed by atoms with Crippen LogP contribution in [-0.2, 0) is 4.79 Å². The first-order valence-corrected chi connectivity index (χ1v) is 9.73. The van der Waals surface area contributed by atoms with Gasteiger partial charge in [0.2, 0.25) is 0 Å². The Morgan fingerprint density at radius 3 is 2.62 bits per heavy atom. The molecule has 0 aliphatic carbocycles. The molecule has 1 saturated heterocycles. The molecule has 0 spiro atoms. The van der Waals surface area contributed by atoms with Gasteiger partial charge in [-0.05, 0) is 37.1 Å². The van der Waals surface area contributed by atoms with Crippen LogP contribution in [0.2, 0.25) is 0 Å². The summed E-state index contributed by atoms with van der Waals surface area (Å²) >= 11 is 0. The quantitative estimate of drug-likeness (QED) is 0.448. The number of nitrogens with zero attached hydrogens (tertiary/aromatic N) is 2. The van der Waals surface area contributed by atoms with Crippen molar-refractivity contribution < 1.29 is 19.1 Å². The summed E-state index contributed by atoms with van der Waals surface area (Å²) in [6.07, 6.45) is 5.65. The van der Waals surface area contributed by atoms with Crippen LogP contribution in [0.3, 0.4) is 0 Å². The Balaban J connectivity index is 1.62. The van der Waals surface area contributed by atoms with Gasteiger partial charge in [-0.3, -0.25) is 9.69 Å². The first-order valence-electron chi connectivity index (χ1n) is 9.73. The van der Waals surface area contributed by atoms with Crippen molar-refractivity contribution >= 4 is 23.8 Å². The highest BCUT2D eigenvalue weighted by molar-refractivity contribution is 6.14. The molecule has 1 fully saturated rings. The number of fused-ring (bicyclic) bond motifs is 1. The summed E-state index contributed by atoms with van der Waals surface area (Å²) in [7, 11) is 1.51. The summed E-state index contributed by atoms with van der Waals surface area (Å²) in [6, 6.07) is 14.0. The number of hydrogen-bond donors (Lipinski definition) is 0. The number of hydrogen-bond acceptors (Lipinski definition) is 5. The van der Waals surface area contributed by atoms with E-state index in [0.717, 1.165) is 31.5 Å².